The topological polar surface area (TPSA) is 911 Å². The van der Waals surface area contributed by atoms with Gasteiger partial charge in [-0.05, 0) is 0 Å². The Morgan fingerprint density at radius 2 is 0.424 bits per heavy atom. The molecule has 0 saturated carbocycles. The molecule has 55 atom stereocenters. The van der Waals surface area contributed by atoms with E-state index in [9.17, 15) is 178 Å². The lowest BCUT2D eigenvalue weighted by Crippen LogP contribution is -2.69. The van der Waals surface area contributed by atoms with E-state index in [1.54, 1.807) is 0 Å². The van der Waals surface area contributed by atoms with Crippen molar-refractivity contribution in [2.24, 2.45) is 0 Å². The Labute approximate surface area is 704 Å². The molecular formula is C68H115NO56. The highest BCUT2D eigenvalue weighted by Crippen LogP contribution is 2.41. The van der Waals surface area contributed by atoms with Crippen molar-refractivity contribution < 1.29 is 278 Å². The predicted molar refractivity (Wildman–Crippen MR) is 374 cm³/mol. The Morgan fingerprint density at radius 3 is 0.792 bits per heavy atom. The fraction of sp³-hybridized carbons (Fsp3) is 0.985. The molecule has 0 aliphatic carbocycles. The van der Waals surface area contributed by atoms with E-state index in [0.717, 1.165) is 6.92 Å². The van der Waals surface area contributed by atoms with Gasteiger partial charge in [0, 0.05) is 6.92 Å². The van der Waals surface area contributed by atoms with Crippen LogP contribution >= 0.6 is 0 Å². The molecule has 0 aromatic carbocycles. The van der Waals surface area contributed by atoms with Gasteiger partial charge in [0.05, 0.1) is 72.7 Å². The molecule has 11 saturated heterocycles. The smallest absolute Gasteiger partial charge is 0.217 e. The molecule has 11 rings (SSSR count). The van der Waals surface area contributed by atoms with Crippen molar-refractivity contribution in [3.05, 3.63) is 0 Å². The van der Waals surface area contributed by atoms with Gasteiger partial charge in [-0.1, -0.05) is 0 Å². The van der Waals surface area contributed by atoms with Gasteiger partial charge < -0.3 is 278 Å². The van der Waals surface area contributed by atoms with E-state index in [2.05, 4.69) is 5.32 Å². The van der Waals surface area contributed by atoms with Crippen molar-refractivity contribution in [1.29, 1.82) is 0 Å². The lowest BCUT2D eigenvalue weighted by molar-refractivity contribution is -0.412. The number of rotatable bonds is 32. The summed E-state index contributed by atoms with van der Waals surface area (Å²) in [6.07, 6.45) is -120. The minimum Gasteiger partial charge on any atom is -0.394 e. The number of aliphatic hydroxyl groups excluding tert-OH is 34. The molecule has 125 heavy (non-hydrogen) atoms. The third-order valence-electron chi connectivity index (χ3n) is 23.3. The maximum absolute atomic E-state index is 12.8. The lowest BCUT2D eigenvalue weighted by atomic mass is 9.94. The number of hydrogen-bond acceptors (Lipinski definition) is 56. The van der Waals surface area contributed by atoms with Crippen molar-refractivity contribution in [1.82, 2.24) is 5.32 Å². The molecule has 11 fully saturated rings. The minimum absolute atomic E-state index is 0.917. The highest BCUT2D eigenvalue weighted by molar-refractivity contribution is 5.73. The van der Waals surface area contributed by atoms with Crippen LogP contribution in [0, 0.1) is 0 Å². The molecule has 0 unspecified atom stereocenters. The highest BCUT2D eigenvalue weighted by atomic mass is 16.8. The number of ether oxygens (including phenoxy) is 21. The summed E-state index contributed by atoms with van der Waals surface area (Å²) in [7, 11) is 0. The summed E-state index contributed by atoms with van der Waals surface area (Å²) in [5.74, 6) is -0.917. The number of carbonyl (C=O) groups is 1. The van der Waals surface area contributed by atoms with Crippen molar-refractivity contribution in [2.75, 3.05) is 72.7 Å². The third kappa shape index (κ3) is 22.0. The largest absolute Gasteiger partial charge is 0.394 e. The number of hydrogen-bond donors (Lipinski definition) is 35. The Morgan fingerprint density at radius 1 is 0.208 bits per heavy atom. The highest BCUT2D eigenvalue weighted by Gasteiger charge is 2.62. The van der Waals surface area contributed by atoms with Crippen molar-refractivity contribution >= 4 is 5.91 Å². The van der Waals surface area contributed by atoms with Crippen molar-refractivity contribution in [2.45, 2.75) is 345 Å². The second-order valence-corrected chi connectivity index (χ2v) is 31.7. The van der Waals surface area contributed by atoms with E-state index < -0.39 is 416 Å². The molecule has 11 aliphatic heterocycles. The van der Waals surface area contributed by atoms with Gasteiger partial charge in [0.2, 0.25) is 5.91 Å². The van der Waals surface area contributed by atoms with Crippen LogP contribution in [-0.4, -0.2) is 590 Å². The van der Waals surface area contributed by atoms with Crippen molar-refractivity contribution in [3.63, 3.8) is 0 Å². The molecule has 57 heteroatoms. The maximum Gasteiger partial charge on any atom is 0.217 e. The van der Waals surface area contributed by atoms with Crippen LogP contribution in [0.2, 0.25) is 0 Å². The van der Waals surface area contributed by atoms with Gasteiger partial charge in [-0.3, -0.25) is 4.79 Å². The number of nitrogens with one attached hydrogen (secondary N) is 1. The molecule has 0 spiro atoms. The molecule has 0 aromatic heterocycles. The van der Waals surface area contributed by atoms with Crippen LogP contribution in [0.5, 0.6) is 0 Å². The molecule has 11 heterocycles. The second kappa shape index (κ2) is 44.6. The lowest BCUT2D eigenvalue weighted by Gasteiger charge is -2.51. The predicted octanol–water partition coefficient (Wildman–Crippen LogP) is -24.8. The van der Waals surface area contributed by atoms with Crippen LogP contribution in [0.4, 0.5) is 0 Å². The summed E-state index contributed by atoms with van der Waals surface area (Å²) in [5.41, 5.74) is 0. The van der Waals surface area contributed by atoms with Crippen LogP contribution in [0.15, 0.2) is 0 Å². The van der Waals surface area contributed by atoms with Gasteiger partial charge in [0.1, 0.15) is 269 Å². The molecule has 35 N–H and O–H groups in total. The summed E-state index contributed by atoms with van der Waals surface area (Å²) in [4.78, 5) is 12.5. The average Bonchev–Trinajstić information content (AvgIpc) is 0.762. The molecule has 0 aromatic rings. The third-order valence-corrected chi connectivity index (χ3v) is 23.3. The van der Waals surface area contributed by atoms with Crippen LogP contribution in [0.1, 0.15) is 6.92 Å². The van der Waals surface area contributed by atoms with E-state index in [-0.39, 0.29) is 0 Å². The van der Waals surface area contributed by atoms with E-state index >= 15 is 0 Å². The molecule has 0 radical (unpaired) electrons. The molecule has 11 aliphatic rings. The maximum atomic E-state index is 12.8. The molecular weight excluding hydrogens is 1730 g/mol. The fourth-order valence-electron chi connectivity index (χ4n) is 16.0. The summed E-state index contributed by atoms with van der Waals surface area (Å²) < 4.78 is 122. The summed E-state index contributed by atoms with van der Waals surface area (Å²) in [6, 6.07) is -1.87. The Kier molecular flexibility index (Phi) is 36.7. The van der Waals surface area contributed by atoms with E-state index in [1.165, 1.54) is 0 Å². The molecule has 728 valence electrons. The fourth-order valence-corrected chi connectivity index (χ4v) is 16.0. The SMILES string of the molecule is CC(=O)N[C@@H]1[C@@H](O)[C@H](O[C@@H]2O[C@H](CO[C@H]3O[C@H](CO[C@H]4O[C@H](CO)[C@@H](O)[C@H](O)[C@@H]4O)[C@@H](O)[C@H](O[C@H]4O[C@H](CO)[C@@H](O)[C@H](O)[C@@H]4O)[C@@H]3O)[C@@H](O)[C@H](O[C@H]3O[C@H](CO[C@H]4O[C@H](CO)[C@@H](O)[C@H](O)[C@@H]4O[C@H]4O[C@H](CO)[C@@H](O)[C@H](O)[C@@H]4O)[C@@H](O)[C@H](O)[C@@H]3O[C@H]3O[C@H](CO)[C@@H](O)[C@H](O)[C@@H]3O[C@H]3O[C@H](CO)[C@@H](O)[C@H](O[C@H]4O[C@H](CO)[C@@H](O)[C@H](O)[C@@H]4O)[C@@H]3O)[C@@H]2O)[C@@H](CO)O[C@H]1O. The summed E-state index contributed by atoms with van der Waals surface area (Å²) in [5, 5.41) is 379. The van der Waals surface area contributed by atoms with Crippen molar-refractivity contribution in [3.8, 4) is 0 Å². The minimum atomic E-state index is -2.73. The molecule has 0 bridgehead atoms. The molecule has 57 nitrogen and oxygen atoms in total. The first kappa shape index (κ1) is 103. The van der Waals surface area contributed by atoms with Crippen LogP contribution < -0.4 is 5.32 Å². The Hall–Kier alpha value is -2.73. The first-order valence-electron chi connectivity index (χ1n) is 39.7. The van der Waals surface area contributed by atoms with Gasteiger partial charge in [-0.25, -0.2) is 0 Å². The Bertz CT molecular complexity index is 3250. The monoisotopic (exact) mass is 1840 g/mol. The van der Waals surface area contributed by atoms with Gasteiger partial charge in [0.15, 0.2) is 69.2 Å². The van der Waals surface area contributed by atoms with Crippen LogP contribution in [0.25, 0.3) is 0 Å². The van der Waals surface area contributed by atoms with E-state index in [4.69, 9.17) is 99.5 Å². The van der Waals surface area contributed by atoms with Crippen LogP contribution in [-0.2, 0) is 104 Å². The standard InChI is InChI=1S/C68H115NO56/c1-13(78)69-25-36(89)51(21(9-77)108-58(25)104)119-65-50(103)54(35(88)24(117-65)12-106-60-48(101)53(121-62-46(99)39(92)28(81)16(4-72)111-62)34(87)23(116-60)11-105-59-44(97)37(90)26(79)14(2-70)109-59)122-68-57(43(96)32(85)22(118-68)10-107-66-55(41(94)30(83)18(6-74)114-66)123-63-47(100)40(93)29(82)17(5-73)112-63)125-67-56(42(95)31(84)19(7-75)115-67)124-64-49(102)52(33(86)20(8-76)113-64)120-61-45(98)38(91)27(80)15(3-71)110-61/h14-68,70-77,79-104H,2-12H2,1H3,(H,69,78)/t14-,15-,16-,17-,18-,19-,20-,21-,22-,23-,24-,25-,26-,27-,28-,29-,30-,31-,32-,33-,34-,35-,36-,37+,38+,39+,40+,41+,42+,43+,44+,45+,46+,47+,48+,49+,50+,51-,52+,53+,54+,55+,56+,57+,58-,59+,60+,61-,62-,63-,64-,65+,66+,67-,68-/m1/s1. The second-order valence-electron chi connectivity index (χ2n) is 31.7. The zero-order valence-corrected chi connectivity index (χ0v) is 65.7. The van der Waals surface area contributed by atoms with Crippen LogP contribution in [0.3, 0.4) is 0 Å². The van der Waals surface area contributed by atoms with Gasteiger partial charge in [0.25, 0.3) is 0 Å². The van der Waals surface area contributed by atoms with Gasteiger partial charge in [-0.15, -0.1) is 0 Å². The first-order chi connectivity index (χ1) is 59.2. The van der Waals surface area contributed by atoms with E-state index in [1.807, 2.05) is 0 Å². The van der Waals surface area contributed by atoms with Gasteiger partial charge >= 0.3 is 0 Å². The molecule has 1 amide bonds. The Balaban J connectivity index is 0.959. The number of aliphatic hydroxyl groups is 34. The normalized spacial score (nSPS) is 52.7. The quantitative estimate of drug-likeness (QED) is 0.0297. The van der Waals surface area contributed by atoms with Gasteiger partial charge in [-0.2, -0.15) is 0 Å². The summed E-state index contributed by atoms with van der Waals surface area (Å²) in [6.45, 7) is -11.5. The number of amides is 1. The average molecular weight is 1840 g/mol. The number of carbonyl (C=O) groups excluding carboxylic acids is 1. The zero-order valence-electron chi connectivity index (χ0n) is 65.7. The first-order valence-corrected chi connectivity index (χ1v) is 39.7. The zero-order chi connectivity index (χ0) is 91.7. The summed E-state index contributed by atoms with van der Waals surface area (Å²) >= 11 is 0. The van der Waals surface area contributed by atoms with E-state index in [0.29, 0.717) is 0 Å².